The average molecular weight is 275 g/mol. The van der Waals surface area contributed by atoms with E-state index in [4.69, 9.17) is 10.9 Å². The van der Waals surface area contributed by atoms with Crippen molar-refractivity contribution >= 4 is 11.7 Å². The third-order valence-electron chi connectivity index (χ3n) is 3.98. The van der Waals surface area contributed by atoms with Crippen LogP contribution in [0.5, 0.6) is 0 Å². The summed E-state index contributed by atoms with van der Waals surface area (Å²) in [7, 11) is 1.78. The van der Waals surface area contributed by atoms with Crippen LogP contribution in [0.2, 0.25) is 0 Å². The van der Waals surface area contributed by atoms with Gasteiger partial charge in [0.25, 0.3) is 0 Å². The molecule has 0 radical (unpaired) electrons. The Balaban J connectivity index is 1.93. The lowest BCUT2D eigenvalue weighted by Crippen LogP contribution is -2.38. The van der Waals surface area contributed by atoms with Crippen LogP contribution in [0.15, 0.2) is 35.5 Å². The zero-order valence-electron chi connectivity index (χ0n) is 11.9. The summed E-state index contributed by atoms with van der Waals surface area (Å²) in [6, 6.07) is 10.0. The van der Waals surface area contributed by atoms with E-state index in [-0.39, 0.29) is 23.7 Å². The quantitative estimate of drug-likeness (QED) is 0.372. The molecule has 0 saturated heterocycles. The minimum absolute atomic E-state index is 0.0668. The molecule has 1 aliphatic carbocycles. The summed E-state index contributed by atoms with van der Waals surface area (Å²) in [5.41, 5.74) is 6.71. The van der Waals surface area contributed by atoms with Gasteiger partial charge in [-0.05, 0) is 24.8 Å². The summed E-state index contributed by atoms with van der Waals surface area (Å²) in [6.45, 7) is 1.90. The Kier molecular flexibility index (Phi) is 4.27. The van der Waals surface area contributed by atoms with Gasteiger partial charge in [-0.25, -0.2) is 0 Å². The molecule has 3 atom stereocenters. The van der Waals surface area contributed by atoms with Gasteiger partial charge >= 0.3 is 0 Å². The molecule has 3 unspecified atom stereocenters. The van der Waals surface area contributed by atoms with Crippen molar-refractivity contribution in [3.05, 3.63) is 35.9 Å². The molecular weight excluding hydrogens is 254 g/mol. The van der Waals surface area contributed by atoms with Crippen LogP contribution in [0, 0.1) is 5.92 Å². The first-order chi connectivity index (χ1) is 9.54. The van der Waals surface area contributed by atoms with Crippen LogP contribution in [0.1, 0.15) is 31.2 Å². The molecule has 2 rings (SSSR count). The Hall–Kier alpha value is -2.04. The van der Waals surface area contributed by atoms with Crippen LogP contribution in [-0.2, 0) is 4.79 Å². The van der Waals surface area contributed by atoms with E-state index in [9.17, 15) is 4.79 Å². The first-order valence-corrected chi connectivity index (χ1v) is 6.82. The van der Waals surface area contributed by atoms with E-state index in [1.807, 2.05) is 25.1 Å². The van der Waals surface area contributed by atoms with Gasteiger partial charge in [-0.1, -0.05) is 35.5 Å². The highest BCUT2D eigenvalue weighted by atomic mass is 16.4. The number of amides is 1. The first kappa shape index (κ1) is 14.4. The van der Waals surface area contributed by atoms with Crippen LogP contribution in [0.4, 0.5) is 0 Å². The molecular formula is C15H21N3O2. The number of carbonyl (C=O) groups is 1. The van der Waals surface area contributed by atoms with Crippen LogP contribution in [0.3, 0.4) is 0 Å². The molecule has 0 heterocycles. The maximum atomic E-state index is 12.4. The third-order valence-corrected chi connectivity index (χ3v) is 3.98. The second-order valence-corrected chi connectivity index (χ2v) is 5.45. The van der Waals surface area contributed by atoms with Crippen molar-refractivity contribution in [2.24, 2.45) is 16.8 Å². The van der Waals surface area contributed by atoms with Gasteiger partial charge in [0.2, 0.25) is 5.91 Å². The second kappa shape index (κ2) is 5.94. The smallest absolute Gasteiger partial charge is 0.226 e. The number of benzene rings is 1. The number of amidine groups is 1. The molecule has 3 N–H and O–H groups in total. The van der Waals surface area contributed by atoms with Crippen LogP contribution < -0.4 is 5.73 Å². The number of carbonyl (C=O) groups excluding carboxylic acids is 1. The minimum Gasteiger partial charge on any atom is -0.409 e. The van der Waals surface area contributed by atoms with E-state index < -0.39 is 0 Å². The number of hydrogen-bond donors (Lipinski definition) is 2. The Morgan fingerprint density at radius 1 is 1.50 bits per heavy atom. The van der Waals surface area contributed by atoms with Gasteiger partial charge < -0.3 is 15.8 Å². The molecule has 1 aliphatic rings. The van der Waals surface area contributed by atoms with Crippen LogP contribution in [0.25, 0.3) is 0 Å². The normalized spacial score (nSPS) is 23.2. The first-order valence-electron chi connectivity index (χ1n) is 6.82. The maximum absolute atomic E-state index is 12.4. The van der Waals surface area contributed by atoms with Gasteiger partial charge in [0, 0.05) is 25.4 Å². The van der Waals surface area contributed by atoms with E-state index in [0.29, 0.717) is 12.3 Å². The highest BCUT2D eigenvalue weighted by Gasteiger charge is 2.45. The fraction of sp³-hybridized carbons (Fsp3) is 0.467. The molecule has 0 bridgehead atoms. The zero-order chi connectivity index (χ0) is 14.7. The van der Waals surface area contributed by atoms with Crippen molar-refractivity contribution < 1.29 is 10.0 Å². The van der Waals surface area contributed by atoms with Gasteiger partial charge in [0.05, 0.1) is 0 Å². The van der Waals surface area contributed by atoms with Crippen molar-refractivity contribution in [2.75, 3.05) is 7.05 Å². The third kappa shape index (κ3) is 3.10. The molecule has 0 spiro atoms. The summed E-state index contributed by atoms with van der Waals surface area (Å²) in [5.74, 6) is 0.684. The van der Waals surface area contributed by atoms with E-state index in [1.165, 1.54) is 5.56 Å². The molecule has 1 aromatic rings. The molecule has 20 heavy (non-hydrogen) atoms. The predicted octanol–water partition coefficient (Wildman–Crippen LogP) is 1.77. The number of hydrogen-bond acceptors (Lipinski definition) is 3. The molecule has 1 fully saturated rings. The summed E-state index contributed by atoms with van der Waals surface area (Å²) < 4.78 is 0. The highest BCUT2D eigenvalue weighted by Crippen LogP contribution is 2.48. The number of oxime groups is 1. The summed E-state index contributed by atoms with van der Waals surface area (Å²) in [6.07, 6.45) is 1.28. The summed E-state index contributed by atoms with van der Waals surface area (Å²) in [4.78, 5) is 14.1. The van der Waals surface area contributed by atoms with Crippen molar-refractivity contribution in [1.82, 2.24) is 4.90 Å². The fourth-order valence-electron chi connectivity index (χ4n) is 2.50. The maximum Gasteiger partial charge on any atom is 0.226 e. The largest absolute Gasteiger partial charge is 0.409 e. The van der Waals surface area contributed by atoms with Gasteiger partial charge in [0.1, 0.15) is 5.84 Å². The van der Waals surface area contributed by atoms with Crippen LogP contribution in [-0.4, -0.2) is 34.9 Å². The van der Waals surface area contributed by atoms with E-state index >= 15 is 0 Å². The summed E-state index contributed by atoms with van der Waals surface area (Å²) in [5, 5.41) is 11.5. The number of nitrogens with zero attached hydrogens (tertiary/aromatic N) is 2. The van der Waals surface area contributed by atoms with Crippen molar-refractivity contribution in [3.63, 3.8) is 0 Å². The van der Waals surface area contributed by atoms with Gasteiger partial charge in [-0.3, -0.25) is 4.79 Å². The lowest BCUT2D eigenvalue weighted by molar-refractivity contribution is -0.133. The summed E-state index contributed by atoms with van der Waals surface area (Å²) >= 11 is 0. The average Bonchev–Trinajstić information content (AvgIpc) is 3.26. The lowest BCUT2D eigenvalue weighted by Gasteiger charge is -2.24. The monoisotopic (exact) mass is 275 g/mol. The lowest BCUT2D eigenvalue weighted by atomic mass is 10.1. The Morgan fingerprint density at radius 3 is 2.75 bits per heavy atom. The Bertz CT molecular complexity index is 501. The number of rotatable bonds is 5. The Labute approximate surface area is 119 Å². The number of nitrogens with two attached hydrogens (primary N) is 1. The SMILES string of the molecule is CC(C/C(N)=N/O)N(C)C(=O)C1CC1c1ccccc1. The van der Waals surface area contributed by atoms with Crippen molar-refractivity contribution in [1.29, 1.82) is 0 Å². The highest BCUT2D eigenvalue weighted by molar-refractivity contribution is 5.85. The Morgan fingerprint density at radius 2 is 2.15 bits per heavy atom. The van der Waals surface area contributed by atoms with Gasteiger partial charge in [-0.2, -0.15) is 0 Å². The zero-order valence-corrected chi connectivity index (χ0v) is 11.9. The predicted molar refractivity (Wildman–Crippen MR) is 77.5 cm³/mol. The molecule has 1 aromatic carbocycles. The van der Waals surface area contributed by atoms with Gasteiger partial charge in [0.15, 0.2) is 0 Å². The van der Waals surface area contributed by atoms with Crippen molar-refractivity contribution in [3.8, 4) is 0 Å². The molecule has 0 aromatic heterocycles. The molecule has 0 aliphatic heterocycles. The van der Waals surface area contributed by atoms with Crippen molar-refractivity contribution in [2.45, 2.75) is 31.7 Å². The second-order valence-electron chi connectivity index (χ2n) is 5.45. The molecule has 1 saturated carbocycles. The van der Waals surface area contributed by atoms with E-state index in [2.05, 4.69) is 17.3 Å². The van der Waals surface area contributed by atoms with Crippen LogP contribution >= 0.6 is 0 Å². The van der Waals surface area contributed by atoms with E-state index in [1.54, 1.807) is 11.9 Å². The topological polar surface area (TPSA) is 78.9 Å². The van der Waals surface area contributed by atoms with Gasteiger partial charge in [-0.15, -0.1) is 0 Å². The molecule has 5 nitrogen and oxygen atoms in total. The molecule has 5 heteroatoms. The molecule has 108 valence electrons. The standard InChI is InChI=1S/C15H21N3O2/c1-10(8-14(16)17-20)18(2)15(19)13-9-12(13)11-6-4-3-5-7-11/h3-7,10,12-13,20H,8-9H2,1-2H3,(H2,16,17). The molecule has 1 amide bonds. The minimum atomic E-state index is -0.0737. The fourth-order valence-corrected chi connectivity index (χ4v) is 2.50. The van der Waals surface area contributed by atoms with E-state index in [0.717, 1.165) is 6.42 Å².